The Morgan fingerprint density at radius 1 is 1.50 bits per heavy atom. The number of hydrogen-bond acceptors (Lipinski definition) is 5. The molecular weight excluding hydrogens is 284 g/mol. The van der Waals surface area contributed by atoms with E-state index in [-0.39, 0.29) is 11.9 Å². The van der Waals surface area contributed by atoms with Crippen molar-refractivity contribution < 1.29 is 19.1 Å². The first-order chi connectivity index (χ1) is 10.6. The van der Waals surface area contributed by atoms with Crippen molar-refractivity contribution in [2.45, 2.75) is 31.9 Å². The SMILES string of the molecule is COC[C@@H](C)NC(=O)[C@H]1CC(Cc2cccc(OC)c2)=NO1. The van der Waals surface area contributed by atoms with Crippen LogP contribution in [-0.2, 0) is 20.8 Å². The van der Waals surface area contributed by atoms with Gasteiger partial charge in [0.1, 0.15) is 5.75 Å². The molecule has 0 saturated heterocycles. The van der Waals surface area contributed by atoms with Gasteiger partial charge >= 0.3 is 0 Å². The second-order valence-electron chi connectivity index (χ2n) is 5.35. The molecule has 0 aliphatic carbocycles. The molecule has 1 heterocycles. The van der Waals surface area contributed by atoms with Gasteiger partial charge in [-0.2, -0.15) is 0 Å². The predicted octanol–water partition coefficient (Wildman–Crippen LogP) is 1.53. The Kier molecular flexibility index (Phi) is 5.77. The largest absolute Gasteiger partial charge is 0.497 e. The fourth-order valence-corrected chi connectivity index (χ4v) is 2.32. The highest BCUT2D eigenvalue weighted by molar-refractivity contribution is 5.94. The summed E-state index contributed by atoms with van der Waals surface area (Å²) in [5, 5.41) is 6.87. The number of amides is 1. The molecular formula is C16H22N2O4. The van der Waals surface area contributed by atoms with Gasteiger partial charge in [0, 0.05) is 26.0 Å². The third-order valence-electron chi connectivity index (χ3n) is 3.37. The number of carbonyl (C=O) groups excluding carboxylic acids is 1. The zero-order valence-corrected chi connectivity index (χ0v) is 13.2. The molecule has 1 N–H and O–H groups in total. The molecule has 6 heteroatoms. The van der Waals surface area contributed by atoms with Gasteiger partial charge in [-0.05, 0) is 24.6 Å². The summed E-state index contributed by atoms with van der Waals surface area (Å²) in [6.45, 7) is 2.35. The minimum atomic E-state index is -0.556. The Balaban J connectivity index is 1.85. The summed E-state index contributed by atoms with van der Waals surface area (Å²) in [6, 6.07) is 7.73. The lowest BCUT2D eigenvalue weighted by molar-refractivity contribution is -0.132. The van der Waals surface area contributed by atoms with Crippen LogP contribution in [0.15, 0.2) is 29.4 Å². The predicted molar refractivity (Wildman–Crippen MR) is 83.1 cm³/mol. The fraction of sp³-hybridized carbons (Fsp3) is 0.500. The van der Waals surface area contributed by atoms with Crippen LogP contribution in [0.25, 0.3) is 0 Å². The first-order valence-corrected chi connectivity index (χ1v) is 7.26. The summed E-state index contributed by atoms with van der Waals surface area (Å²) in [4.78, 5) is 17.3. The highest BCUT2D eigenvalue weighted by Gasteiger charge is 2.28. The second kappa shape index (κ2) is 7.79. The number of ether oxygens (including phenoxy) is 2. The van der Waals surface area contributed by atoms with Crippen molar-refractivity contribution in [3.05, 3.63) is 29.8 Å². The molecule has 0 aromatic heterocycles. The molecule has 0 spiro atoms. The zero-order valence-electron chi connectivity index (χ0n) is 13.2. The number of oxime groups is 1. The number of hydrogen-bond donors (Lipinski definition) is 1. The standard InChI is InChI=1S/C16H22N2O4/c1-11(10-20-2)17-16(19)15-9-13(18-22-15)7-12-5-4-6-14(8-12)21-3/h4-6,8,11,15H,7,9-10H2,1-3H3,(H,17,19)/t11-,15-/m1/s1. The van der Waals surface area contributed by atoms with Crippen LogP contribution in [0.5, 0.6) is 5.75 Å². The van der Waals surface area contributed by atoms with E-state index in [1.807, 2.05) is 31.2 Å². The van der Waals surface area contributed by atoms with E-state index in [9.17, 15) is 4.79 Å². The molecule has 1 aromatic carbocycles. The van der Waals surface area contributed by atoms with E-state index >= 15 is 0 Å². The Morgan fingerprint density at radius 3 is 3.05 bits per heavy atom. The maximum absolute atomic E-state index is 12.0. The lowest BCUT2D eigenvalue weighted by Crippen LogP contribution is -2.42. The summed E-state index contributed by atoms with van der Waals surface area (Å²) in [6.07, 6.45) is 0.595. The lowest BCUT2D eigenvalue weighted by atomic mass is 10.0. The third kappa shape index (κ3) is 4.46. The monoisotopic (exact) mass is 306 g/mol. The van der Waals surface area contributed by atoms with E-state index < -0.39 is 6.10 Å². The van der Waals surface area contributed by atoms with Crippen LogP contribution in [0.1, 0.15) is 18.9 Å². The van der Waals surface area contributed by atoms with Crippen LogP contribution in [0.3, 0.4) is 0 Å². The molecule has 120 valence electrons. The fourth-order valence-electron chi connectivity index (χ4n) is 2.32. The van der Waals surface area contributed by atoms with Crippen LogP contribution in [0.4, 0.5) is 0 Å². The normalized spacial score (nSPS) is 18.3. The van der Waals surface area contributed by atoms with Gasteiger partial charge < -0.3 is 19.6 Å². The van der Waals surface area contributed by atoms with E-state index in [1.54, 1.807) is 14.2 Å². The van der Waals surface area contributed by atoms with Crippen molar-refractivity contribution in [2.75, 3.05) is 20.8 Å². The summed E-state index contributed by atoms with van der Waals surface area (Å²) in [5.41, 5.74) is 1.93. The van der Waals surface area contributed by atoms with Crippen molar-refractivity contribution in [1.29, 1.82) is 0 Å². The Hall–Kier alpha value is -2.08. The second-order valence-corrected chi connectivity index (χ2v) is 5.35. The number of rotatable bonds is 7. The van der Waals surface area contributed by atoms with Crippen molar-refractivity contribution in [3.8, 4) is 5.75 Å². The third-order valence-corrected chi connectivity index (χ3v) is 3.37. The number of nitrogens with one attached hydrogen (secondary N) is 1. The first kappa shape index (κ1) is 16.3. The Labute approximate surface area is 130 Å². The average molecular weight is 306 g/mol. The molecule has 2 atom stereocenters. The number of nitrogens with zero attached hydrogens (tertiary/aromatic N) is 1. The summed E-state index contributed by atoms with van der Waals surface area (Å²) >= 11 is 0. The van der Waals surface area contributed by atoms with Gasteiger partial charge in [-0.3, -0.25) is 4.79 Å². The molecule has 6 nitrogen and oxygen atoms in total. The molecule has 0 fully saturated rings. The number of carbonyl (C=O) groups is 1. The molecule has 1 aliphatic heterocycles. The van der Waals surface area contributed by atoms with Gasteiger partial charge in [-0.1, -0.05) is 17.3 Å². The molecule has 0 unspecified atom stereocenters. The summed E-state index contributed by atoms with van der Waals surface area (Å²) < 4.78 is 10.2. The zero-order chi connectivity index (χ0) is 15.9. The van der Waals surface area contributed by atoms with E-state index in [0.717, 1.165) is 17.0 Å². The number of benzene rings is 1. The van der Waals surface area contributed by atoms with Crippen molar-refractivity contribution in [3.63, 3.8) is 0 Å². The van der Waals surface area contributed by atoms with Crippen LogP contribution in [0, 0.1) is 0 Å². The molecule has 0 radical (unpaired) electrons. The highest BCUT2D eigenvalue weighted by atomic mass is 16.6. The van der Waals surface area contributed by atoms with Gasteiger partial charge in [0.15, 0.2) is 0 Å². The van der Waals surface area contributed by atoms with Gasteiger partial charge in [-0.25, -0.2) is 0 Å². The van der Waals surface area contributed by atoms with Crippen LogP contribution in [0.2, 0.25) is 0 Å². The molecule has 1 aromatic rings. The quantitative estimate of drug-likeness (QED) is 0.829. The molecule has 1 aliphatic rings. The van der Waals surface area contributed by atoms with Crippen LogP contribution < -0.4 is 10.1 Å². The van der Waals surface area contributed by atoms with Gasteiger partial charge in [0.25, 0.3) is 5.91 Å². The Morgan fingerprint density at radius 2 is 2.32 bits per heavy atom. The maximum Gasteiger partial charge on any atom is 0.264 e. The highest BCUT2D eigenvalue weighted by Crippen LogP contribution is 2.18. The maximum atomic E-state index is 12.0. The Bertz CT molecular complexity index is 545. The van der Waals surface area contributed by atoms with Gasteiger partial charge in [0.05, 0.1) is 19.4 Å². The molecule has 0 saturated carbocycles. The molecule has 1 amide bonds. The van der Waals surface area contributed by atoms with E-state index in [1.165, 1.54) is 0 Å². The van der Waals surface area contributed by atoms with Crippen molar-refractivity contribution in [1.82, 2.24) is 5.32 Å². The average Bonchev–Trinajstić information content (AvgIpc) is 2.96. The minimum Gasteiger partial charge on any atom is -0.497 e. The van der Waals surface area contributed by atoms with E-state index in [0.29, 0.717) is 19.4 Å². The van der Waals surface area contributed by atoms with Gasteiger partial charge in [0.2, 0.25) is 6.10 Å². The van der Waals surface area contributed by atoms with E-state index in [4.69, 9.17) is 14.3 Å². The van der Waals surface area contributed by atoms with E-state index in [2.05, 4.69) is 10.5 Å². The summed E-state index contributed by atoms with van der Waals surface area (Å²) in [7, 11) is 3.24. The van der Waals surface area contributed by atoms with Crippen molar-refractivity contribution in [2.24, 2.45) is 5.16 Å². The van der Waals surface area contributed by atoms with Crippen LogP contribution in [-0.4, -0.2) is 44.6 Å². The minimum absolute atomic E-state index is 0.0523. The lowest BCUT2D eigenvalue weighted by Gasteiger charge is -2.15. The van der Waals surface area contributed by atoms with Crippen LogP contribution >= 0.6 is 0 Å². The first-order valence-electron chi connectivity index (χ1n) is 7.26. The topological polar surface area (TPSA) is 69.2 Å². The molecule has 22 heavy (non-hydrogen) atoms. The number of methoxy groups -OCH3 is 2. The molecule has 2 rings (SSSR count). The smallest absolute Gasteiger partial charge is 0.264 e. The van der Waals surface area contributed by atoms with Gasteiger partial charge in [-0.15, -0.1) is 0 Å². The summed E-state index contributed by atoms with van der Waals surface area (Å²) in [5.74, 6) is 0.647. The van der Waals surface area contributed by atoms with Crippen molar-refractivity contribution >= 4 is 11.6 Å². The molecule has 0 bridgehead atoms.